The van der Waals surface area contributed by atoms with Gasteiger partial charge in [0.2, 0.25) is 0 Å². The lowest BCUT2D eigenvalue weighted by atomic mass is 10.0. The maximum Gasteiger partial charge on any atom is 0.262 e. The number of anilines is 2. The fourth-order valence-corrected chi connectivity index (χ4v) is 3.29. The summed E-state index contributed by atoms with van der Waals surface area (Å²) in [6.07, 6.45) is 0.543. The lowest BCUT2D eigenvalue weighted by Crippen LogP contribution is -2.43. The molecule has 1 atom stereocenters. The van der Waals surface area contributed by atoms with Gasteiger partial charge < -0.3 is 5.32 Å². The molecule has 1 amide bonds. The highest BCUT2D eigenvalue weighted by molar-refractivity contribution is 6.12. The third kappa shape index (κ3) is 2.84. The molecule has 4 heteroatoms. The number of benzene rings is 3. The van der Waals surface area contributed by atoms with E-state index in [0.717, 1.165) is 23.4 Å². The first-order valence-electron chi connectivity index (χ1n) is 8.71. The molecule has 4 rings (SSSR count). The molecule has 0 bridgehead atoms. The number of carbonyl (C=O) groups is 1. The number of nitrogens with zero attached hydrogens (tertiary/aromatic N) is 1. The smallest absolute Gasteiger partial charge is 0.262 e. The highest BCUT2D eigenvalue weighted by Gasteiger charge is 2.33. The minimum absolute atomic E-state index is 0.0714. The van der Waals surface area contributed by atoms with Gasteiger partial charge in [0, 0.05) is 11.4 Å². The summed E-state index contributed by atoms with van der Waals surface area (Å²) >= 11 is 0. The molecule has 0 saturated carbocycles. The number of carbonyl (C=O) groups excluding carboxylic acids is 1. The van der Waals surface area contributed by atoms with Crippen molar-refractivity contribution in [3.8, 4) is 0 Å². The predicted molar refractivity (Wildman–Crippen MR) is 102 cm³/mol. The molecular formula is C22H19FN2O. The van der Waals surface area contributed by atoms with Crippen molar-refractivity contribution in [1.29, 1.82) is 0 Å². The molecule has 0 saturated heterocycles. The number of rotatable bonds is 3. The fraction of sp³-hybridized carbons (Fsp3) is 0.136. The molecule has 0 fully saturated rings. The summed E-state index contributed by atoms with van der Waals surface area (Å²) in [5.41, 5.74) is 4.26. The molecule has 1 aliphatic rings. The summed E-state index contributed by atoms with van der Waals surface area (Å²) in [6.45, 7) is 2.10. The third-order valence-corrected chi connectivity index (χ3v) is 4.74. The highest BCUT2D eigenvalue weighted by Crippen LogP contribution is 2.36. The van der Waals surface area contributed by atoms with Gasteiger partial charge in [-0.05, 0) is 53.9 Å². The van der Waals surface area contributed by atoms with Gasteiger partial charge in [0.25, 0.3) is 5.91 Å². The quantitative estimate of drug-likeness (QED) is 0.710. The van der Waals surface area contributed by atoms with E-state index in [4.69, 9.17) is 0 Å². The van der Waals surface area contributed by atoms with Gasteiger partial charge in [-0.25, -0.2) is 4.39 Å². The van der Waals surface area contributed by atoms with E-state index in [0.29, 0.717) is 5.56 Å². The van der Waals surface area contributed by atoms with Crippen LogP contribution in [0.25, 0.3) is 0 Å². The summed E-state index contributed by atoms with van der Waals surface area (Å²) in [5.74, 6) is -0.368. The van der Waals surface area contributed by atoms with Crippen molar-refractivity contribution in [3.05, 3.63) is 95.3 Å². The second-order valence-electron chi connectivity index (χ2n) is 6.34. The van der Waals surface area contributed by atoms with E-state index in [9.17, 15) is 9.18 Å². The van der Waals surface area contributed by atoms with Crippen molar-refractivity contribution >= 4 is 17.3 Å². The molecule has 0 aromatic heterocycles. The van der Waals surface area contributed by atoms with E-state index in [-0.39, 0.29) is 11.7 Å². The topological polar surface area (TPSA) is 32.3 Å². The Hall–Kier alpha value is -3.14. The van der Waals surface area contributed by atoms with Crippen LogP contribution >= 0.6 is 0 Å². The van der Waals surface area contributed by atoms with E-state index in [2.05, 4.69) is 12.2 Å². The molecule has 3 aromatic rings. The molecule has 0 aliphatic carbocycles. The second kappa shape index (κ2) is 6.64. The van der Waals surface area contributed by atoms with Crippen LogP contribution in [0.4, 0.5) is 15.8 Å². The molecule has 26 heavy (non-hydrogen) atoms. The average Bonchev–Trinajstić information content (AvgIpc) is 2.69. The zero-order valence-corrected chi connectivity index (χ0v) is 14.4. The van der Waals surface area contributed by atoms with Crippen molar-refractivity contribution < 1.29 is 9.18 Å². The zero-order chi connectivity index (χ0) is 18.1. The van der Waals surface area contributed by atoms with E-state index in [1.165, 1.54) is 17.7 Å². The van der Waals surface area contributed by atoms with Gasteiger partial charge in [-0.2, -0.15) is 0 Å². The van der Waals surface area contributed by atoms with Crippen molar-refractivity contribution in [2.45, 2.75) is 19.5 Å². The summed E-state index contributed by atoms with van der Waals surface area (Å²) in [5, 5.41) is 3.42. The van der Waals surface area contributed by atoms with Crippen LogP contribution in [0.3, 0.4) is 0 Å². The number of aryl methyl sites for hydroxylation is 1. The molecular weight excluding hydrogens is 327 g/mol. The molecule has 1 aliphatic heterocycles. The first-order valence-corrected chi connectivity index (χ1v) is 8.71. The van der Waals surface area contributed by atoms with Crippen molar-refractivity contribution in [2.24, 2.45) is 0 Å². The minimum atomic E-state index is -0.398. The van der Waals surface area contributed by atoms with Crippen LogP contribution in [-0.2, 0) is 6.42 Å². The Kier molecular flexibility index (Phi) is 4.17. The van der Waals surface area contributed by atoms with Crippen molar-refractivity contribution in [2.75, 3.05) is 10.2 Å². The molecule has 1 N–H and O–H groups in total. The Labute approximate surface area is 152 Å². The molecule has 0 spiro atoms. The van der Waals surface area contributed by atoms with E-state index < -0.39 is 6.17 Å². The lowest BCUT2D eigenvalue weighted by molar-refractivity contribution is 0.0975. The zero-order valence-electron chi connectivity index (χ0n) is 14.4. The van der Waals surface area contributed by atoms with Crippen LogP contribution in [-0.4, -0.2) is 5.91 Å². The average molecular weight is 346 g/mol. The Morgan fingerprint density at radius 1 is 0.962 bits per heavy atom. The van der Waals surface area contributed by atoms with Crippen LogP contribution in [0.15, 0.2) is 72.8 Å². The van der Waals surface area contributed by atoms with Gasteiger partial charge in [0.05, 0.1) is 5.56 Å². The molecule has 0 radical (unpaired) electrons. The Balaban J connectivity index is 1.82. The first-order chi connectivity index (χ1) is 12.7. The molecule has 130 valence electrons. The number of amides is 1. The molecule has 1 heterocycles. The normalized spacial score (nSPS) is 16.2. The van der Waals surface area contributed by atoms with Gasteiger partial charge in [-0.15, -0.1) is 0 Å². The number of para-hydroxylation sites is 1. The third-order valence-electron chi connectivity index (χ3n) is 4.74. The van der Waals surface area contributed by atoms with Gasteiger partial charge in [0.15, 0.2) is 0 Å². The van der Waals surface area contributed by atoms with Crippen LogP contribution in [0.2, 0.25) is 0 Å². The van der Waals surface area contributed by atoms with Crippen LogP contribution < -0.4 is 10.2 Å². The predicted octanol–water partition coefficient (Wildman–Crippen LogP) is 5.16. The van der Waals surface area contributed by atoms with E-state index in [1.54, 1.807) is 17.0 Å². The van der Waals surface area contributed by atoms with Crippen molar-refractivity contribution in [1.82, 2.24) is 0 Å². The Morgan fingerprint density at radius 2 is 1.65 bits per heavy atom. The fourth-order valence-electron chi connectivity index (χ4n) is 3.29. The van der Waals surface area contributed by atoms with Crippen LogP contribution in [0.1, 0.15) is 34.6 Å². The Morgan fingerprint density at radius 3 is 2.35 bits per heavy atom. The van der Waals surface area contributed by atoms with Crippen LogP contribution in [0.5, 0.6) is 0 Å². The summed E-state index contributed by atoms with van der Waals surface area (Å²) in [6, 6.07) is 21.7. The molecule has 0 unspecified atom stereocenters. The summed E-state index contributed by atoms with van der Waals surface area (Å²) < 4.78 is 13.4. The number of halogens is 1. The number of hydrogen-bond donors (Lipinski definition) is 1. The number of hydrogen-bond acceptors (Lipinski definition) is 2. The summed E-state index contributed by atoms with van der Waals surface area (Å²) in [7, 11) is 0. The number of fused-ring (bicyclic) bond motifs is 1. The largest absolute Gasteiger partial charge is 0.360 e. The summed E-state index contributed by atoms with van der Waals surface area (Å²) in [4.78, 5) is 15.0. The lowest BCUT2D eigenvalue weighted by Gasteiger charge is -2.38. The monoisotopic (exact) mass is 346 g/mol. The SMILES string of the molecule is CCc1ccc(N2C(=O)c3ccccc3N[C@@H]2c2ccc(F)cc2)cc1. The second-order valence-corrected chi connectivity index (χ2v) is 6.34. The molecule has 3 aromatic carbocycles. The highest BCUT2D eigenvalue weighted by atomic mass is 19.1. The maximum atomic E-state index is 13.4. The van der Waals surface area contributed by atoms with Gasteiger partial charge in [-0.3, -0.25) is 9.69 Å². The first kappa shape index (κ1) is 16.3. The van der Waals surface area contributed by atoms with Gasteiger partial charge in [-0.1, -0.05) is 43.3 Å². The van der Waals surface area contributed by atoms with Crippen LogP contribution in [0, 0.1) is 5.82 Å². The maximum absolute atomic E-state index is 13.4. The van der Waals surface area contributed by atoms with E-state index >= 15 is 0 Å². The standard InChI is InChI=1S/C22H19FN2O/c1-2-15-7-13-18(14-8-15)25-21(16-9-11-17(23)12-10-16)24-20-6-4-3-5-19(20)22(25)26/h3-14,21,24H,2H2,1H3/t21-/m0/s1. The van der Waals surface area contributed by atoms with Crippen molar-refractivity contribution in [3.63, 3.8) is 0 Å². The Bertz CT molecular complexity index is 935. The number of nitrogens with one attached hydrogen (secondary N) is 1. The minimum Gasteiger partial charge on any atom is -0.360 e. The van der Waals surface area contributed by atoms with Gasteiger partial charge >= 0.3 is 0 Å². The molecule has 3 nitrogen and oxygen atoms in total. The van der Waals surface area contributed by atoms with E-state index in [1.807, 2.05) is 48.5 Å². The van der Waals surface area contributed by atoms with Gasteiger partial charge in [0.1, 0.15) is 12.0 Å².